The molecule has 1 atom stereocenters. The van der Waals surface area contributed by atoms with Crippen LogP contribution in [0.25, 0.3) is 22.3 Å². The molecule has 5 rings (SSSR count). The molecule has 0 radical (unpaired) electrons. The third-order valence-corrected chi connectivity index (χ3v) is 6.47. The van der Waals surface area contributed by atoms with Crippen LogP contribution in [0.2, 0.25) is 0 Å². The molecule has 0 saturated carbocycles. The van der Waals surface area contributed by atoms with Gasteiger partial charge in [0.25, 0.3) is 5.91 Å². The minimum Gasteiger partial charge on any atom is -0.383 e. The topological polar surface area (TPSA) is 80.5 Å². The summed E-state index contributed by atoms with van der Waals surface area (Å²) in [6, 6.07) is 16.5. The monoisotopic (exact) mass is 428 g/mol. The zero-order valence-corrected chi connectivity index (χ0v) is 18.3. The van der Waals surface area contributed by atoms with Gasteiger partial charge in [-0.15, -0.1) is 0 Å². The average molecular weight is 429 g/mol. The molecular formula is C26H28N4O2. The molecule has 3 heterocycles. The van der Waals surface area contributed by atoms with Crippen LogP contribution in [0.4, 0.5) is 5.82 Å². The van der Waals surface area contributed by atoms with E-state index in [-0.39, 0.29) is 12.0 Å². The summed E-state index contributed by atoms with van der Waals surface area (Å²) in [5.74, 6) is 0.475. The second-order valence-corrected chi connectivity index (χ2v) is 8.41. The number of benzene rings is 2. The summed E-state index contributed by atoms with van der Waals surface area (Å²) in [7, 11) is 0. The number of carbonyl (C=O) groups excluding carboxylic acids is 1. The number of amides is 1. The van der Waals surface area contributed by atoms with Crippen LogP contribution in [-0.2, 0) is 11.2 Å². The van der Waals surface area contributed by atoms with Crippen molar-refractivity contribution in [1.82, 2.24) is 15.2 Å². The lowest BCUT2D eigenvalue weighted by atomic mass is 9.94. The molecule has 3 N–H and O–H groups in total. The second kappa shape index (κ2) is 8.73. The predicted molar refractivity (Wildman–Crippen MR) is 126 cm³/mol. The number of carbonyl (C=O) groups is 1. The first kappa shape index (κ1) is 20.7. The van der Waals surface area contributed by atoms with E-state index >= 15 is 0 Å². The highest BCUT2D eigenvalue weighted by atomic mass is 16.5. The Morgan fingerprint density at radius 2 is 1.91 bits per heavy atom. The van der Waals surface area contributed by atoms with Gasteiger partial charge in [0.1, 0.15) is 5.82 Å². The number of likely N-dealkylation sites (N-methyl/N-ethyl adjacent to an activating group) is 1. The molecule has 1 saturated heterocycles. The van der Waals surface area contributed by atoms with Crippen molar-refractivity contribution < 1.29 is 9.53 Å². The van der Waals surface area contributed by atoms with E-state index in [0.29, 0.717) is 12.4 Å². The molecule has 0 bridgehead atoms. The predicted octanol–water partition coefficient (Wildman–Crippen LogP) is 3.68. The standard InChI is InChI=1S/C26H28N4O2/c1-2-30-11-12-32-24(16-30)18-5-3-17(4-6-18)21-14-23(25(27)29-15-21)19-7-8-22-20(13-19)9-10-28-26(22)31/h3-8,13-15,24H,2,9-12,16H2,1H3,(H2,27,29)(H,28,31). The lowest BCUT2D eigenvalue weighted by Gasteiger charge is -2.32. The van der Waals surface area contributed by atoms with E-state index in [2.05, 4.69) is 58.5 Å². The number of morpholine rings is 1. The van der Waals surface area contributed by atoms with Crippen molar-refractivity contribution in [2.24, 2.45) is 0 Å². The Bertz CT molecular complexity index is 1140. The van der Waals surface area contributed by atoms with Crippen LogP contribution in [0.15, 0.2) is 54.7 Å². The van der Waals surface area contributed by atoms with Gasteiger partial charge in [-0.3, -0.25) is 9.69 Å². The number of nitrogens with zero attached hydrogens (tertiary/aromatic N) is 2. The molecule has 0 spiro atoms. The molecule has 6 heteroatoms. The highest BCUT2D eigenvalue weighted by Crippen LogP contribution is 2.32. The molecule has 1 amide bonds. The lowest BCUT2D eigenvalue weighted by molar-refractivity contribution is -0.0281. The highest BCUT2D eigenvalue weighted by molar-refractivity contribution is 5.97. The van der Waals surface area contributed by atoms with E-state index in [0.717, 1.165) is 66.0 Å². The van der Waals surface area contributed by atoms with Crippen molar-refractivity contribution in [3.63, 3.8) is 0 Å². The first-order chi connectivity index (χ1) is 15.6. The highest BCUT2D eigenvalue weighted by Gasteiger charge is 2.21. The van der Waals surface area contributed by atoms with Crippen molar-refractivity contribution in [1.29, 1.82) is 0 Å². The molecule has 0 aliphatic carbocycles. The summed E-state index contributed by atoms with van der Waals surface area (Å²) in [6.45, 7) is 6.60. The maximum atomic E-state index is 12.1. The quantitative estimate of drug-likeness (QED) is 0.663. The van der Waals surface area contributed by atoms with E-state index in [1.165, 1.54) is 5.56 Å². The molecular weight excluding hydrogens is 400 g/mol. The van der Waals surface area contributed by atoms with Gasteiger partial charge in [-0.25, -0.2) is 4.98 Å². The van der Waals surface area contributed by atoms with Crippen molar-refractivity contribution in [3.05, 3.63) is 71.4 Å². The Balaban J connectivity index is 1.42. The molecule has 2 aliphatic rings. The summed E-state index contributed by atoms with van der Waals surface area (Å²) in [6.07, 6.45) is 2.75. The van der Waals surface area contributed by atoms with Crippen LogP contribution in [0.3, 0.4) is 0 Å². The minimum atomic E-state index is -0.0123. The minimum absolute atomic E-state index is 0.0123. The van der Waals surface area contributed by atoms with E-state index in [1.807, 2.05) is 18.3 Å². The van der Waals surface area contributed by atoms with Crippen molar-refractivity contribution >= 4 is 11.7 Å². The lowest BCUT2D eigenvalue weighted by Crippen LogP contribution is -2.38. The summed E-state index contributed by atoms with van der Waals surface area (Å²) in [5, 5.41) is 2.89. The number of anilines is 1. The number of nitrogens with one attached hydrogen (secondary N) is 1. The summed E-state index contributed by atoms with van der Waals surface area (Å²) < 4.78 is 5.99. The fraction of sp³-hybridized carbons (Fsp3) is 0.308. The molecule has 2 aromatic carbocycles. The number of rotatable bonds is 4. The van der Waals surface area contributed by atoms with Crippen LogP contribution in [-0.4, -0.2) is 48.6 Å². The fourth-order valence-electron chi connectivity index (χ4n) is 4.54. The molecule has 32 heavy (non-hydrogen) atoms. The number of nitrogens with two attached hydrogens (primary N) is 1. The van der Waals surface area contributed by atoms with E-state index < -0.39 is 0 Å². The first-order valence-corrected chi connectivity index (χ1v) is 11.2. The van der Waals surface area contributed by atoms with Gasteiger partial charge in [-0.05, 0) is 47.4 Å². The van der Waals surface area contributed by atoms with Crippen molar-refractivity contribution in [2.75, 3.05) is 38.5 Å². The van der Waals surface area contributed by atoms with Crippen LogP contribution < -0.4 is 11.1 Å². The molecule has 6 nitrogen and oxygen atoms in total. The Morgan fingerprint density at radius 3 is 2.72 bits per heavy atom. The maximum absolute atomic E-state index is 12.1. The van der Waals surface area contributed by atoms with Crippen LogP contribution in [0.5, 0.6) is 0 Å². The normalized spacial score (nSPS) is 18.8. The number of pyridine rings is 1. The van der Waals surface area contributed by atoms with Crippen LogP contribution in [0.1, 0.15) is 34.5 Å². The smallest absolute Gasteiger partial charge is 0.251 e. The van der Waals surface area contributed by atoms with Gasteiger partial charge in [-0.1, -0.05) is 43.3 Å². The van der Waals surface area contributed by atoms with Crippen molar-refractivity contribution in [3.8, 4) is 22.3 Å². The van der Waals surface area contributed by atoms with Gasteiger partial charge in [0, 0.05) is 42.5 Å². The molecule has 2 aliphatic heterocycles. The van der Waals surface area contributed by atoms with Crippen molar-refractivity contribution in [2.45, 2.75) is 19.4 Å². The number of hydrogen-bond acceptors (Lipinski definition) is 5. The Labute approximate surface area is 188 Å². The van der Waals surface area contributed by atoms with Gasteiger partial charge >= 0.3 is 0 Å². The van der Waals surface area contributed by atoms with Gasteiger partial charge in [0.2, 0.25) is 0 Å². The maximum Gasteiger partial charge on any atom is 0.251 e. The second-order valence-electron chi connectivity index (χ2n) is 8.41. The van der Waals surface area contributed by atoms with Gasteiger partial charge in [-0.2, -0.15) is 0 Å². The first-order valence-electron chi connectivity index (χ1n) is 11.2. The largest absolute Gasteiger partial charge is 0.383 e. The summed E-state index contributed by atoms with van der Waals surface area (Å²) in [4.78, 5) is 18.9. The molecule has 1 aromatic heterocycles. The number of hydrogen-bond donors (Lipinski definition) is 2. The Morgan fingerprint density at radius 1 is 1.09 bits per heavy atom. The Kier molecular flexibility index (Phi) is 5.64. The average Bonchev–Trinajstić information content (AvgIpc) is 2.84. The van der Waals surface area contributed by atoms with E-state index in [1.54, 1.807) is 0 Å². The van der Waals surface area contributed by atoms with Gasteiger partial charge in [0.15, 0.2) is 0 Å². The number of fused-ring (bicyclic) bond motifs is 1. The Hall–Kier alpha value is -3.22. The van der Waals surface area contributed by atoms with E-state index in [9.17, 15) is 4.79 Å². The van der Waals surface area contributed by atoms with Crippen LogP contribution >= 0.6 is 0 Å². The SMILES string of the molecule is CCN1CCOC(c2ccc(-c3cnc(N)c(-c4ccc5c(c4)CCNC5=O)c3)cc2)C1. The summed E-state index contributed by atoms with van der Waals surface area (Å²) in [5.41, 5.74) is 13.2. The third-order valence-electron chi connectivity index (χ3n) is 6.47. The third kappa shape index (κ3) is 3.99. The van der Waals surface area contributed by atoms with E-state index in [4.69, 9.17) is 10.5 Å². The molecule has 1 fully saturated rings. The number of ether oxygens (including phenoxy) is 1. The fourth-order valence-corrected chi connectivity index (χ4v) is 4.54. The molecule has 1 unspecified atom stereocenters. The van der Waals surface area contributed by atoms with Gasteiger partial charge < -0.3 is 15.8 Å². The van der Waals surface area contributed by atoms with Crippen LogP contribution in [0, 0.1) is 0 Å². The zero-order valence-electron chi connectivity index (χ0n) is 18.3. The summed E-state index contributed by atoms with van der Waals surface area (Å²) >= 11 is 0. The number of nitrogen functional groups attached to an aromatic ring is 1. The molecule has 164 valence electrons. The zero-order chi connectivity index (χ0) is 22.1. The number of aromatic nitrogens is 1. The van der Waals surface area contributed by atoms with Gasteiger partial charge in [0.05, 0.1) is 12.7 Å². The molecule has 3 aromatic rings.